The summed E-state index contributed by atoms with van der Waals surface area (Å²) in [6.45, 7) is 8.55. The SMILES string of the molecule is CC(C)(C)OCCCOC1CCCCO1. The molecule has 0 aliphatic carbocycles. The van der Waals surface area contributed by atoms with Crippen molar-refractivity contribution < 1.29 is 14.2 Å². The van der Waals surface area contributed by atoms with E-state index in [9.17, 15) is 0 Å². The van der Waals surface area contributed by atoms with E-state index in [1.807, 2.05) is 0 Å². The zero-order valence-electron chi connectivity index (χ0n) is 10.3. The molecule has 90 valence electrons. The highest BCUT2D eigenvalue weighted by Gasteiger charge is 2.14. The van der Waals surface area contributed by atoms with Crippen molar-refractivity contribution in [2.75, 3.05) is 19.8 Å². The lowest BCUT2D eigenvalue weighted by Gasteiger charge is -2.23. The molecule has 0 N–H and O–H groups in total. The Bertz CT molecular complexity index is 157. The Morgan fingerprint density at radius 3 is 2.60 bits per heavy atom. The summed E-state index contributed by atoms with van der Waals surface area (Å²) >= 11 is 0. The van der Waals surface area contributed by atoms with Gasteiger partial charge < -0.3 is 14.2 Å². The zero-order valence-corrected chi connectivity index (χ0v) is 10.3. The van der Waals surface area contributed by atoms with Crippen LogP contribution in [0.4, 0.5) is 0 Å². The van der Waals surface area contributed by atoms with E-state index in [0.717, 1.165) is 32.7 Å². The molecule has 0 aromatic rings. The van der Waals surface area contributed by atoms with Crippen molar-refractivity contribution >= 4 is 0 Å². The Hall–Kier alpha value is -0.120. The first-order valence-corrected chi connectivity index (χ1v) is 5.95. The second kappa shape index (κ2) is 6.46. The Morgan fingerprint density at radius 2 is 2.00 bits per heavy atom. The smallest absolute Gasteiger partial charge is 0.157 e. The first-order chi connectivity index (χ1) is 7.08. The minimum absolute atomic E-state index is 0.0355. The van der Waals surface area contributed by atoms with Gasteiger partial charge in [-0.05, 0) is 46.5 Å². The van der Waals surface area contributed by atoms with Crippen LogP contribution < -0.4 is 0 Å². The van der Waals surface area contributed by atoms with Gasteiger partial charge in [0.15, 0.2) is 6.29 Å². The van der Waals surface area contributed by atoms with Gasteiger partial charge in [-0.3, -0.25) is 0 Å². The summed E-state index contributed by atoms with van der Waals surface area (Å²) in [5.41, 5.74) is -0.0403. The van der Waals surface area contributed by atoms with Crippen LogP contribution in [0.5, 0.6) is 0 Å². The van der Waals surface area contributed by atoms with Gasteiger partial charge >= 0.3 is 0 Å². The molecule has 0 saturated carbocycles. The maximum atomic E-state index is 5.60. The molecule has 1 unspecified atom stereocenters. The summed E-state index contributed by atoms with van der Waals surface area (Å²) in [6.07, 6.45) is 4.42. The summed E-state index contributed by atoms with van der Waals surface area (Å²) in [7, 11) is 0. The average molecular weight is 216 g/mol. The van der Waals surface area contributed by atoms with Crippen molar-refractivity contribution in [1.82, 2.24) is 0 Å². The standard InChI is InChI=1S/C12H24O3/c1-12(2,3)15-10-6-9-14-11-7-4-5-8-13-11/h11H,4-10H2,1-3H3. The van der Waals surface area contributed by atoms with Crippen LogP contribution in [0.2, 0.25) is 0 Å². The molecule has 1 aliphatic rings. The van der Waals surface area contributed by atoms with Crippen molar-refractivity contribution in [3.05, 3.63) is 0 Å². The van der Waals surface area contributed by atoms with Crippen LogP contribution in [0.25, 0.3) is 0 Å². The molecule has 0 bridgehead atoms. The molecule has 1 heterocycles. The lowest BCUT2D eigenvalue weighted by atomic mass is 10.2. The van der Waals surface area contributed by atoms with Crippen molar-refractivity contribution in [1.29, 1.82) is 0 Å². The predicted molar refractivity (Wildman–Crippen MR) is 59.9 cm³/mol. The molecule has 1 fully saturated rings. The molecule has 3 nitrogen and oxygen atoms in total. The normalized spacial score (nSPS) is 23.0. The molecule has 0 spiro atoms. The molecule has 15 heavy (non-hydrogen) atoms. The highest BCUT2D eigenvalue weighted by Crippen LogP contribution is 2.14. The number of rotatable bonds is 5. The number of ether oxygens (including phenoxy) is 3. The Labute approximate surface area is 93.1 Å². The largest absolute Gasteiger partial charge is 0.376 e. The third-order valence-electron chi connectivity index (χ3n) is 2.27. The number of hydrogen-bond donors (Lipinski definition) is 0. The van der Waals surface area contributed by atoms with E-state index in [1.54, 1.807) is 0 Å². The molecule has 0 aromatic carbocycles. The fourth-order valence-electron chi connectivity index (χ4n) is 1.49. The van der Waals surface area contributed by atoms with Crippen molar-refractivity contribution in [3.8, 4) is 0 Å². The Morgan fingerprint density at radius 1 is 1.20 bits per heavy atom. The maximum absolute atomic E-state index is 5.60. The van der Waals surface area contributed by atoms with Crippen LogP contribution in [0.1, 0.15) is 46.5 Å². The van der Waals surface area contributed by atoms with Gasteiger partial charge in [0.1, 0.15) is 0 Å². The van der Waals surface area contributed by atoms with E-state index in [-0.39, 0.29) is 11.9 Å². The van der Waals surface area contributed by atoms with E-state index >= 15 is 0 Å². The first kappa shape index (κ1) is 12.9. The molecule has 0 aromatic heterocycles. The van der Waals surface area contributed by atoms with E-state index in [0.29, 0.717) is 0 Å². The Kier molecular flexibility index (Phi) is 5.58. The van der Waals surface area contributed by atoms with Gasteiger partial charge in [0.25, 0.3) is 0 Å². The molecule has 1 aliphatic heterocycles. The van der Waals surface area contributed by atoms with E-state index in [1.165, 1.54) is 12.8 Å². The third-order valence-corrected chi connectivity index (χ3v) is 2.27. The van der Waals surface area contributed by atoms with Gasteiger partial charge in [0.05, 0.1) is 12.2 Å². The fraction of sp³-hybridized carbons (Fsp3) is 1.00. The summed E-state index contributed by atoms with van der Waals surface area (Å²) < 4.78 is 16.7. The maximum Gasteiger partial charge on any atom is 0.157 e. The zero-order chi connectivity index (χ0) is 11.1. The van der Waals surface area contributed by atoms with Crippen molar-refractivity contribution in [2.45, 2.75) is 58.3 Å². The molecule has 1 rings (SSSR count). The molecule has 3 heteroatoms. The molecule has 0 radical (unpaired) electrons. The van der Waals surface area contributed by atoms with Crippen LogP contribution in [0.3, 0.4) is 0 Å². The average Bonchev–Trinajstić information content (AvgIpc) is 2.17. The molecular weight excluding hydrogens is 192 g/mol. The summed E-state index contributed by atoms with van der Waals surface area (Å²) in [6, 6.07) is 0. The van der Waals surface area contributed by atoms with Gasteiger partial charge in [0, 0.05) is 13.2 Å². The number of hydrogen-bond acceptors (Lipinski definition) is 3. The lowest BCUT2D eigenvalue weighted by Crippen LogP contribution is -2.24. The van der Waals surface area contributed by atoms with Gasteiger partial charge in [-0.1, -0.05) is 0 Å². The van der Waals surface area contributed by atoms with Crippen LogP contribution in [0.15, 0.2) is 0 Å². The lowest BCUT2D eigenvalue weighted by molar-refractivity contribution is -0.165. The summed E-state index contributed by atoms with van der Waals surface area (Å²) in [4.78, 5) is 0. The highest BCUT2D eigenvalue weighted by molar-refractivity contribution is 4.58. The second-order valence-corrected chi connectivity index (χ2v) is 4.98. The van der Waals surface area contributed by atoms with Gasteiger partial charge in [-0.2, -0.15) is 0 Å². The monoisotopic (exact) mass is 216 g/mol. The molecular formula is C12H24O3. The third kappa shape index (κ3) is 6.88. The quantitative estimate of drug-likeness (QED) is 0.661. The van der Waals surface area contributed by atoms with E-state index < -0.39 is 0 Å². The van der Waals surface area contributed by atoms with Crippen LogP contribution in [0, 0.1) is 0 Å². The second-order valence-electron chi connectivity index (χ2n) is 4.98. The van der Waals surface area contributed by atoms with Crippen LogP contribution in [-0.4, -0.2) is 31.7 Å². The van der Waals surface area contributed by atoms with Gasteiger partial charge in [-0.25, -0.2) is 0 Å². The molecule has 1 saturated heterocycles. The van der Waals surface area contributed by atoms with Crippen molar-refractivity contribution in [3.63, 3.8) is 0 Å². The minimum atomic E-state index is -0.0403. The fourth-order valence-corrected chi connectivity index (χ4v) is 1.49. The predicted octanol–water partition coefficient (Wildman–Crippen LogP) is 2.73. The summed E-state index contributed by atoms with van der Waals surface area (Å²) in [5, 5.41) is 0. The molecule has 1 atom stereocenters. The Balaban J connectivity index is 1.92. The van der Waals surface area contributed by atoms with E-state index in [2.05, 4.69) is 20.8 Å². The summed E-state index contributed by atoms with van der Waals surface area (Å²) in [5.74, 6) is 0. The topological polar surface area (TPSA) is 27.7 Å². The van der Waals surface area contributed by atoms with Gasteiger partial charge in [0.2, 0.25) is 0 Å². The highest BCUT2D eigenvalue weighted by atomic mass is 16.7. The molecule has 0 amide bonds. The van der Waals surface area contributed by atoms with Crippen LogP contribution >= 0.6 is 0 Å². The van der Waals surface area contributed by atoms with E-state index in [4.69, 9.17) is 14.2 Å². The van der Waals surface area contributed by atoms with Gasteiger partial charge in [-0.15, -0.1) is 0 Å². The minimum Gasteiger partial charge on any atom is -0.376 e. The van der Waals surface area contributed by atoms with Crippen LogP contribution in [-0.2, 0) is 14.2 Å². The first-order valence-electron chi connectivity index (χ1n) is 5.95. The van der Waals surface area contributed by atoms with Crippen molar-refractivity contribution in [2.24, 2.45) is 0 Å².